The van der Waals surface area contributed by atoms with Crippen LogP contribution in [0.1, 0.15) is 40.5 Å². The number of hydrogen-bond acceptors (Lipinski definition) is 3. The minimum atomic E-state index is 0.633. The van der Waals surface area contributed by atoms with E-state index < -0.39 is 0 Å². The van der Waals surface area contributed by atoms with Gasteiger partial charge in [0.05, 0.1) is 0 Å². The summed E-state index contributed by atoms with van der Waals surface area (Å²) in [4.78, 5) is 4.95. The number of rotatable bonds is 7. The van der Waals surface area contributed by atoms with Crippen LogP contribution in [-0.2, 0) is 0 Å². The van der Waals surface area contributed by atoms with Crippen molar-refractivity contribution in [2.24, 2.45) is 11.8 Å². The highest BCUT2D eigenvalue weighted by molar-refractivity contribution is 4.82. The number of nitrogens with one attached hydrogen (secondary N) is 1. The second-order valence-electron chi connectivity index (χ2n) is 6.77. The highest BCUT2D eigenvalue weighted by Gasteiger charge is 2.25. The molecule has 0 spiro atoms. The van der Waals surface area contributed by atoms with E-state index in [0.29, 0.717) is 18.0 Å². The van der Waals surface area contributed by atoms with Crippen LogP contribution in [0.25, 0.3) is 0 Å². The van der Waals surface area contributed by atoms with Crippen LogP contribution in [0.5, 0.6) is 0 Å². The van der Waals surface area contributed by atoms with Crippen LogP contribution in [0.3, 0.4) is 0 Å². The Labute approximate surface area is 120 Å². The Kier molecular flexibility index (Phi) is 7.33. The number of piperidine rings is 1. The molecule has 3 heteroatoms. The second kappa shape index (κ2) is 8.23. The van der Waals surface area contributed by atoms with Crippen LogP contribution in [0, 0.1) is 11.8 Å². The highest BCUT2D eigenvalue weighted by Crippen LogP contribution is 2.19. The summed E-state index contributed by atoms with van der Waals surface area (Å²) in [5.41, 5.74) is 0. The third-order valence-electron chi connectivity index (χ3n) is 4.78. The monoisotopic (exact) mass is 269 g/mol. The summed E-state index contributed by atoms with van der Waals surface area (Å²) in [6, 6.07) is 1.27. The predicted octanol–water partition coefficient (Wildman–Crippen LogP) is 2.28. The third-order valence-corrected chi connectivity index (χ3v) is 4.78. The molecule has 0 saturated carbocycles. The fraction of sp³-hybridized carbons (Fsp3) is 1.00. The van der Waals surface area contributed by atoms with Crippen LogP contribution < -0.4 is 5.32 Å². The molecule has 3 unspecified atom stereocenters. The highest BCUT2D eigenvalue weighted by atomic mass is 15.1. The van der Waals surface area contributed by atoms with Gasteiger partial charge in [-0.3, -0.25) is 0 Å². The zero-order chi connectivity index (χ0) is 14.4. The van der Waals surface area contributed by atoms with E-state index in [1.165, 1.54) is 32.5 Å². The Morgan fingerprint density at radius 2 is 1.95 bits per heavy atom. The van der Waals surface area contributed by atoms with E-state index in [-0.39, 0.29) is 0 Å². The predicted molar refractivity (Wildman–Crippen MR) is 84.6 cm³/mol. The lowest BCUT2D eigenvalue weighted by atomic mass is 9.91. The summed E-state index contributed by atoms with van der Waals surface area (Å²) in [5, 5.41) is 3.79. The number of likely N-dealkylation sites (N-methyl/N-ethyl adjacent to an activating group) is 1. The van der Waals surface area contributed by atoms with Crippen LogP contribution in [-0.4, -0.2) is 62.2 Å². The maximum atomic E-state index is 3.79. The first-order valence-electron chi connectivity index (χ1n) is 8.07. The standard InChI is InChI=1S/C16H35N3/c1-7-19-10-8-9-15(12-19)14(4)17-11-16(13(2)3)18(5)6/h13-17H,7-12H2,1-6H3. The molecule has 19 heavy (non-hydrogen) atoms. The van der Waals surface area contributed by atoms with Crippen molar-refractivity contribution in [3.63, 3.8) is 0 Å². The van der Waals surface area contributed by atoms with E-state index >= 15 is 0 Å². The summed E-state index contributed by atoms with van der Waals surface area (Å²) in [5.74, 6) is 1.52. The Balaban J connectivity index is 2.39. The topological polar surface area (TPSA) is 18.5 Å². The first-order valence-corrected chi connectivity index (χ1v) is 8.07. The Bertz CT molecular complexity index is 232. The molecule has 1 saturated heterocycles. The molecule has 0 bridgehead atoms. The Morgan fingerprint density at radius 1 is 1.26 bits per heavy atom. The van der Waals surface area contributed by atoms with E-state index in [0.717, 1.165) is 12.5 Å². The van der Waals surface area contributed by atoms with Gasteiger partial charge in [0.15, 0.2) is 0 Å². The Morgan fingerprint density at radius 3 is 2.47 bits per heavy atom. The van der Waals surface area contributed by atoms with Gasteiger partial charge in [-0.1, -0.05) is 20.8 Å². The first kappa shape index (κ1) is 16.9. The molecular formula is C16H35N3. The van der Waals surface area contributed by atoms with Crippen molar-refractivity contribution in [3.05, 3.63) is 0 Å². The van der Waals surface area contributed by atoms with Crippen molar-refractivity contribution in [1.82, 2.24) is 15.1 Å². The molecule has 1 heterocycles. The zero-order valence-corrected chi connectivity index (χ0v) is 13.9. The summed E-state index contributed by atoms with van der Waals surface area (Å²) < 4.78 is 0. The second-order valence-corrected chi connectivity index (χ2v) is 6.77. The lowest BCUT2D eigenvalue weighted by Crippen LogP contribution is -2.49. The summed E-state index contributed by atoms with van der Waals surface area (Å²) in [7, 11) is 4.38. The van der Waals surface area contributed by atoms with Gasteiger partial charge in [0.1, 0.15) is 0 Å². The maximum Gasteiger partial charge on any atom is 0.0237 e. The van der Waals surface area contributed by atoms with Gasteiger partial charge in [0.25, 0.3) is 0 Å². The van der Waals surface area contributed by atoms with Crippen LogP contribution in [0.2, 0.25) is 0 Å². The molecular weight excluding hydrogens is 234 g/mol. The lowest BCUT2D eigenvalue weighted by molar-refractivity contribution is 0.148. The quantitative estimate of drug-likeness (QED) is 0.765. The van der Waals surface area contributed by atoms with E-state index in [2.05, 4.69) is 56.9 Å². The van der Waals surface area contributed by atoms with Gasteiger partial charge in [-0.25, -0.2) is 0 Å². The molecule has 3 nitrogen and oxygen atoms in total. The molecule has 0 aromatic carbocycles. The van der Waals surface area contributed by atoms with E-state index in [1.54, 1.807) is 0 Å². The SMILES string of the molecule is CCN1CCCC(C(C)NCC(C(C)C)N(C)C)C1. The van der Waals surface area contributed by atoms with Gasteiger partial charge in [-0.15, -0.1) is 0 Å². The average Bonchev–Trinajstić information content (AvgIpc) is 2.38. The van der Waals surface area contributed by atoms with Crippen molar-refractivity contribution < 1.29 is 0 Å². The molecule has 3 atom stereocenters. The van der Waals surface area contributed by atoms with E-state index in [4.69, 9.17) is 0 Å². The molecule has 0 aromatic heterocycles. The molecule has 1 N–H and O–H groups in total. The first-order chi connectivity index (χ1) is 8.95. The summed E-state index contributed by atoms with van der Waals surface area (Å²) in [6.45, 7) is 14.2. The molecule has 1 aliphatic heterocycles. The van der Waals surface area contributed by atoms with Crippen LogP contribution in [0.15, 0.2) is 0 Å². The van der Waals surface area contributed by atoms with Gasteiger partial charge in [-0.05, 0) is 58.8 Å². The van der Waals surface area contributed by atoms with Crippen molar-refractivity contribution in [2.45, 2.75) is 52.6 Å². The number of nitrogens with zero attached hydrogens (tertiary/aromatic N) is 2. The van der Waals surface area contributed by atoms with Crippen molar-refractivity contribution in [2.75, 3.05) is 40.3 Å². The molecule has 0 aliphatic carbocycles. The summed E-state index contributed by atoms with van der Waals surface area (Å²) >= 11 is 0. The zero-order valence-electron chi connectivity index (χ0n) is 13.9. The third kappa shape index (κ3) is 5.41. The van der Waals surface area contributed by atoms with Crippen LogP contribution >= 0.6 is 0 Å². The maximum absolute atomic E-state index is 3.79. The largest absolute Gasteiger partial charge is 0.312 e. The average molecular weight is 269 g/mol. The minimum Gasteiger partial charge on any atom is -0.312 e. The van der Waals surface area contributed by atoms with E-state index in [9.17, 15) is 0 Å². The fourth-order valence-electron chi connectivity index (χ4n) is 3.27. The molecule has 0 aromatic rings. The van der Waals surface area contributed by atoms with Gasteiger partial charge in [0.2, 0.25) is 0 Å². The molecule has 114 valence electrons. The van der Waals surface area contributed by atoms with Gasteiger partial charge in [-0.2, -0.15) is 0 Å². The molecule has 0 amide bonds. The smallest absolute Gasteiger partial charge is 0.0237 e. The summed E-state index contributed by atoms with van der Waals surface area (Å²) in [6.07, 6.45) is 2.75. The van der Waals surface area contributed by atoms with Gasteiger partial charge in [0, 0.05) is 25.2 Å². The fourth-order valence-corrected chi connectivity index (χ4v) is 3.27. The number of likely N-dealkylation sites (tertiary alicyclic amines) is 1. The van der Waals surface area contributed by atoms with Crippen molar-refractivity contribution in [1.29, 1.82) is 0 Å². The van der Waals surface area contributed by atoms with Crippen molar-refractivity contribution in [3.8, 4) is 0 Å². The van der Waals surface area contributed by atoms with Gasteiger partial charge < -0.3 is 15.1 Å². The Hall–Kier alpha value is -0.120. The van der Waals surface area contributed by atoms with E-state index in [1.807, 2.05) is 0 Å². The van der Waals surface area contributed by atoms with Crippen LogP contribution in [0.4, 0.5) is 0 Å². The molecule has 1 rings (SSSR count). The molecule has 1 aliphatic rings. The lowest BCUT2D eigenvalue weighted by Gasteiger charge is -2.37. The van der Waals surface area contributed by atoms with Gasteiger partial charge >= 0.3 is 0 Å². The van der Waals surface area contributed by atoms with Crippen molar-refractivity contribution >= 4 is 0 Å². The minimum absolute atomic E-state index is 0.633. The molecule has 1 fully saturated rings. The number of hydrogen-bond donors (Lipinski definition) is 1. The molecule has 0 radical (unpaired) electrons. The normalized spacial score (nSPS) is 24.9.